The zero-order chi connectivity index (χ0) is 17.9. The van der Waals surface area contributed by atoms with Crippen molar-refractivity contribution in [2.75, 3.05) is 6.61 Å². The SMILES string of the molecule is O=C(NC(CO)c1ccccc1)c1ccc(-c2n[nH]c(C3CC3)n2)cc1. The van der Waals surface area contributed by atoms with Gasteiger partial charge in [0, 0.05) is 17.0 Å². The van der Waals surface area contributed by atoms with E-state index >= 15 is 0 Å². The molecule has 132 valence electrons. The second kappa shape index (κ2) is 7.09. The van der Waals surface area contributed by atoms with Crippen molar-refractivity contribution in [3.63, 3.8) is 0 Å². The Bertz CT molecular complexity index is 886. The molecule has 1 fully saturated rings. The lowest BCUT2D eigenvalue weighted by molar-refractivity contribution is 0.0916. The maximum Gasteiger partial charge on any atom is 0.251 e. The molecule has 3 aromatic rings. The van der Waals surface area contributed by atoms with Crippen LogP contribution in [0.25, 0.3) is 11.4 Å². The molecule has 1 amide bonds. The van der Waals surface area contributed by atoms with E-state index in [1.54, 1.807) is 12.1 Å². The Morgan fingerprint density at radius 1 is 1.15 bits per heavy atom. The van der Waals surface area contributed by atoms with Crippen molar-refractivity contribution >= 4 is 5.91 Å². The highest BCUT2D eigenvalue weighted by Gasteiger charge is 2.27. The highest BCUT2D eigenvalue weighted by Crippen LogP contribution is 2.38. The maximum atomic E-state index is 12.5. The van der Waals surface area contributed by atoms with Crippen LogP contribution in [-0.2, 0) is 0 Å². The van der Waals surface area contributed by atoms with Gasteiger partial charge < -0.3 is 10.4 Å². The maximum absolute atomic E-state index is 12.5. The second-order valence-electron chi connectivity index (χ2n) is 6.52. The second-order valence-corrected chi connectivity index (χ2v) is 6.52. The van der Waals surface area contributed by atoms with Crippen LogP contribution in [0.5, 0.6) is 0 Å². The Labute approximate surface area is 151 Å². The van der Waals surface area contributed by atoms with Crippen molar-refractivity contribution in [3.8, 4) is 11.4 Å². The van der Waals surface area contributed by atoms with Gasteiger partial charge in [-0.3, -0.25) is 9.89 Å². The lowest BCUT2D eigenvalue weighted by Crippen LogP contribution is -2.30. The minimum absolute atomic E-state index is 0.158. The number of carbonyl (C=O) groups is 1. The number of nitrogens with one attached hydrogen (secondary N) is 2. The van der Waals surface area contributed by atoms with E-state index in [0.717, 1.165) is 17.0 Å². The van der Waals surface area contributed by atoms with Crippen molar-refractivity contribution in [3.05, 3.63) is 71.5 Å². The number of aliphatic hydroxyl groups excluding tert-OH is 1. The van der Waals surface area contributed by atoms with E-state index in [2.05, 4.69) is 20.5 Å². The summed E-state index contributed by atoms with van der Waals surface area (Å²) < 4.78 is 0. The molecule has 1 unspecified atom stereocenters. The molecule has 0 aliphatic heterocycles. The molecule has 0 bridgehead atoms. The van der Waals surface area contributed by atoms with Gasteiger partial charge in [0.1, 0.15) is 5.82 Å². The Morgan fingerprint density at radius 2 is 1.88 bits per heavy atom. The van der Waals surface area contributed by atoms with Crippen LogP contribution in [0.1, 0.15) is 46.5 Å². The zero-order valence-corrected chi connectivity index (χ0v) is 14.2. The predicted molar refractivity (Wildman–Crippen MR) is 97.5 cm³/mol. The Morgan fingerprint density at radius 3 is 2.54 bits per heavy atom. The smallest absolute Gasteiger partial charge is 0.251 e. The van der Waals surface area contributed by atoms with Crippen LogP contribution < -0.4 is 5.32 Å². The summed E-state index contributed by atoms with van der Waals surface area (Å²) in [5, 5.41) is 19.7. The first-order valence-corrected chi connectivity index (χ1v) is 8.74. The largest absolute Gasteiger partial charge is 0.394 e. The third kappa shape index (κ3) is 3.50. The number of benzene rings is 2. The average Bonchev–Trinajstić information content (AvgIpc) is 3.43. The van der Waals surface area contributed by atoms with Gasteiger partial charge in [-0.05, 0) is 30.5 Å². The number of nitrogens with zero attached hydrogens (tertiary/aromatic N) is 2. The molecule has 6 heteroatoms. The fraction of sp³-hybridized carbons (Fsp3) is 0.250. The Kier molecular flexibility index (Phi) is 4.50. The first-order valence-electron chi connectivity index (χ1n) is 8.74. The number of hydrogen-bond acceptors (Lipinski definition) is 4. The molecule has 1 atom stereocenters. The summed E-state index contributed by atoms with van der Waals surface area (Å²) in [7, 11) is 0. The molecule has 6 nitrogen and oxygen atoms in total. The summed E-state index contributed by atoms with van der Waals surface area (Å²) in [5.74, 6) is 1.88. The monoisotopic (exact) mass is 348 g/mol. The molecule has 4 rings (SSSR count). The molecule has 26 heavy (non-hydrogen) atoms. The van der Waals surface area contributed by atoms with Gasteiger partial charge in [0.05, 0.1) is 12.6 Å². The number of amides is 1. The highest BCUT2D eigenvalue weighted by atomic mass is 16.3. The molecule has 1 aromatic heterocycles. The van der Waals surface area contributed by atoms with Gasteiger partial charge in [0.2, 0.25) is 0 Å². The standard InChI is InChI=1S/C20H20N4O2/c25-12-17(13-4-2-1-3-5-13)21-20(26)16-10-8-15(9-11-16)19-22-18(23-24-19)14-6-7-14/h1-5,8-11,14,17,25H,6-7,12H2,(H,21,26)(H,22,23,24). The van der Waals surface area contributed by atoms with Crippen molar-refractivity contribution in [2.45, 2.75) is 24.8 Å². The van der Waals surface area contributed by atoms with Gasteiger partial charge in [0.25, 0.3) is 5.91 Å². The number of H-pyrrole nitrogens is 1. The molecule has 0 spiro atoms. The third-order valence-corrected chi connectivity index (χ3v) is 4.56. The van der Waals surface area contributed by atoms with Crippen LogP contribution in [0.15, 0.2) is 54.6 Å². The number of aromatic amines is 1. The van der Waals surface area contributed by atoms with Crippen LogP contribution in [0.4, 0.5) is 0 Å². The van der Waals surface area contributed by atoms with E-state index in [9.17, 15) is 9.90 Å². The average molecular weight is 348 g/mol. The normalized spacial score (nSPS) is 14.8. The van der Waals surface area contributed by atoms with E-state index in [4.69, 9.17) is 0 Å². The molecule has 1 saturated carbocycles. The van der Waals surface area contributed by atoms with E-state index in [1.165, 1.54) is 12.8 Å². The van der Waals surface area contributed by atoms with E-state index < -0.39 is 6.04 Å². The quantitative estimate of drug-likeness (QED) is 0.639. The number of hydrogen-bond donors (Lipinski definition) is 3. The summed E-state index contributed by atoms with van der Waals surface area (Å²) in [6.07, 6.45) is 2.34. The van der Waals surface area contributed by atoms with Gasteiger partial charge in [-0.1, -0.05) is 42.5 Å². The summed E-state index contributed by atoms with van der Waals surface area (Å²) >= 11 is 0. The van der Waals surface area contributed by atoms with Crippen LogP contribution in [-0.4, -0.2) is 32.8 Å². The van der Waals surface area contributed by atoms with Gasteiger partial charge in [-0.25, -0.2) is 4.98 Å². The summed E-state index contributed by atoms with van der Waals surface area (Å²) in [4.78, 5) is 17.0. The van der Waals surface area contributed by atoms with Crippen LogP contribution >= 0.6 is 0 Å². The van der Waals surface area contributed by atoms with Gasteiger partial charge in [-0.15, -0.1) is 0 Å². The molecule has 1 aliphatic carbocycles. The molecule has 2 aromatic carbocycles. The lowest BCUT2D eigenvalue weighted by Gasteiger charge is -2.16. The van der Waals surface area contributed by atoms with E-state index in [1.807, 2.05) is 42.5 Å². The first kappa shape index (κ1) is 16.5. The van der Waals surface area contributed by atoms with Crippen molar-refractivity contribution in [1.82, 2.24) is 20.5 Å². The van der Waals surface area contributed by atoms with Crippen molar-refractivity contribution < 1.29 is 9.90 Å². The number of aromatic nitrogens is 3. The molecular weight excluding hydrogens is 328 g/mol. The molecule has 1 aliphatic rings. The Balaban J connectivity index is 1.46. The summed E-state index contributed by atoms with van der Waals surface area (Å²) in [6, 6.07) is 16.2. The molecular formula is C20H20N4O2. The first-order chi connectivity index (χ1) is 12.7. The summed E-state index contributed by atoms with van der Waals surface area (Å²) in [6.45, 7) is -0.158. The minimum atomic E-state index is -0.433. The molecule has 0 saturated heterocycles. The lowest BCUT2D eigenvalue weighted by atomic mass is 10.1. The van der Waals surface area contributed by atoms with Crippen LogP contribution in [0.2, 0.25) is 0 Å². The van der Waals surface area contributed by atoms with Gasteiger partial charge >= 0.3 is 0 Å². The topological polar surface area (TPSA) is 90.9 Å². The fourth-order valence-corrected chi connectivity index (χ4v) is 2.87. The minimum Gasteiger partial charge on any atom is -0.394 e. The molecule has 3 N–H and O–H groups in total. The van der Waals surface area contributed by atoms with Crippen LogP contribution in [0, 0.1) is 0 Å². The van der Waals surface area contributed by atoms with Crippen LogP contribution in [0.3, 0.4) is 0 Å². The molecule has 1 heterocycles. The number of rotatable bonds is 6. The summed E-state index contributed by atoms with van der Waals surface area (Å²) in [5.41, 5.74) is 2.26. The van der Waals surface area contributed by atoms with E-state index in [-0.39, 0.29) is 12.5 Å². The van der Waals surface area contributed by atoms with Crippen molar-refractivity contribution in [2.24, 2.45) is 0 Å². The Hall–Kier alpha value is -2.99. The fourth-order valence-electron chi connectivity index (χ4n) is 2.87. The third-order valence-electron chi connectivity index (χ3n) is 4.56. The molecule has 0 radical (unpaired) electrons. The highest BCUT2D eigenvalue weighted by molar-refractivity contribution is 5.94. The number of aliphatic hydroxyl groups is 1. The zero-order valence-electron chi connectivity index (χ0n) is 14.2. The van der Waals surface area contributed by atoms with Gasteiger partial charge in [-0.2, -0.15) is 5.10 Å². The van der Waals surface area contributed by atoms with Gasteiger partial charge in [0.15, 0.2) is 5.82 Å². The number of carbonyl (C=O) groups excluding carboxylic acids is 1. The van der Waals surface area contributed by atoms with Crippen molar-refractivity contribution in [1.29, 1.82) is 0 Å². The predicted octanol–water partition coefficient (Wildman–Crippen LogP) is 2.81. The van der Waals surface area contributed by atoms with E-state index in [0.29, 0.717) is 17.3 Å².